The minimum absolute atomic E-state index is 0.313. The van der Waals surface area contributed by atoms with Gasteiger partial charge in [0, 0.05) is 16.9 Å². The summed E-state index contributed by atoms with van der Waals surface area (Å²) in [5, 5.41) is 5.81. The lowest BCUT2D eigenvalue weighted by molar-refractivity contribution is -0.116. The van der Waals surface area contributed by atoms with Crippen molar-refractivity contribution in [1.82, 2.24) is 9.55 Å². The Bertz CT molecular complexity index is 1440. The highest BCUT2D eigenvalue weighted by Gasteiger charge is 2.15. The first kappa shape index (κ1) is 20.8. The number of para-hydroxylation sites is 2. The third-order valence-corrected chi connectivity index (χ3v) is 5.08. The lowest BCUT2D eigenvalue weighted by Gasteiger charge is -2.13. The van der Waals surface area contributed by atoms with Gasteiger partial charge in [-0.25, -0.2) is 4.79 Å². The third kappa shape index (κ3) is 4.20. The molecular formula is C24H20N4O4. The topological polar surface area (TPSA) is 113 Å². The molecule has 1 heterocycles. The fourth-order valence-corrected chi connectivity index (χ4v) is 3.41. The van der Waals surface area contributed by atoms with E-state index in [0.29, 0.717) is 33.4 Å². The zero-order valence-corrected chi connectivity index (χ0v) is 17.2. The number of nitrogens with zero attached hydrogens (tertiary/aromatic N) is 1. The van der Waals surface area contributed by atoms with Gasteiger partial charge in [-0.05, 0) is 48.9 Å². The highest BCUT2D eigenvalue weighted by Crippen LogP contribution is 2.20. The fourth-order valence-electron chi connectivity index (χ4n) is 3.41. The number of amides is 2. The summed E-state index contributed by atoms with van der Waals surface area (Å²) in [5.41, 5.74) is 1.22. The molecule has 160 valence electrons. The van der Waals surface area contributed by atoms with E-state index in [1.165, 1.54) is 0 Å². The maximum atomic E-state index is 12.7. The van der Waals surface area contributed by atoms with Crippen molar-refractivity contribution in [2.24, 2.45) is 0 Å². The van der Waals surface area contributed by atoms with Gasteiger partial charge in [-0.15, -0.1) is 0 Å². The van der Waals surface area contributed by atoms with Crippen molar-refractivity contribution >= 4 is 34.1 Å². The molecule has 0 bridgehead atoms. The molecule has 3 N–H and O–H groups in total. The van der Waals surface area contributed by atoms with Gasteiger partial charge in [0.25, 0.3) is 11.5 Å². The number of fused-ring (bicyclic) bond motifs is 1. The minimum atomic E-state index is -0.670. The van der Waals surface area contributed by atoms with Crippen LogP contribution in [0.1, 0.15) is 15.9 Å². The normalized spacial score (nSPS) is 10.7. The number of hydrogen-bond acceptors (Lipinski definition) is 4. The number of nitrogens with one attached hydrogen (secondary N) is 3. The fraction of sp³-hybridized carbons (Fsp3) is 0.0833. The predicted molar refractivity (Wildman–Crippen MR) is 123 cm³/mol. The van der Waals surface area contributed by atoms with E-state index in [0.717, 1.165) is 4.57 Å². The summed E-state index contributed by atoms with van der Waals surface area (Å²) in [5.74, 6) is -0.872. The van der Waals surface area contributed by atoms with Gasteiger partial charge >= 0.3 is 5.69 Å². The molecule has 32 heavy (non-hydrogen) atoms. The Kier molecular flexibility index (Phi) is 5.67. The van der Waals surface area contributed by atoms with Crippen molar-refractivity contribution in [3.8, 4) is 0 Å². The Morgan fingerprint density at radius 3 is 2.38 bits per heavy atom. The number of carbonyl (C=O) groups excluding carboxylic acids is 2. The van der Waals surface area contributed by atoms with Crippen molar-refractivity contribution in [3.05, 3.63) is 105 Å². The Morgan fingerprint density at radius 2 is 1.59 bits per heavy atom. The molecule has 0 spiro atoms. The van der Waals surface area contributed by atoms with E-state index >= 15 is 0 Å². The van der Waals surface area contributed by atoms with E-state index in [4.69, 9.17) is 0 Å². The first-order chi connectivity index (χ1) is 15.4. The lowest BCUT2D eigenvalue weighted by atomic mass is 10.1. The number of aromatic nitrogens is 2. The monoisotopic (exact) mass is 428 g/mol. The molecule has 0 saturated heterocycles. The molecule has 1 aromatic heterocycles. The second-order valence-corrected chi connectivity index (χ2v) is 7.21. The van der Waals surface area contributed by atoms with E-state index in [9.17, 15) is 19.2 Å². The first-order valence-electron chi connectivity index (χ1n) is 9.92. The van der Waals surface area contributed by atoms with Crippen LogP contribution < -0.4 is 21.9 Å². The van der Waals surface area contributed by atoms with Crippen molar-refractivity contribution in [1.29, 1.82) is 0 Å². The van der Waals surface area contributed by atoms with Crippen molar-refractivity contribution < 1.29 is 9.59 Å². The molecule has 0 saturated carbocycles. The molecule has 0 radical (unpaired) electrons. The summed E-state index contributed by atoms with van der Waals surface area (Å²) in [4.78, 5) is 52.8. The maximum absolute atomic E-state index is 12.7. The number of aromatic amines is 1. The van der Waals surface area contributed by atoms with E-state index in [1.807, 2.05) is 18.2 Å². The van der Waals surface area contributed by atoms with Crippen molar-refractivity contribution in [2.45, 2.75) is 13.5 Å². The number of anilines is 2. The predicted octanol–water partition coefficient (Wildman–Crippen LogP) is 2.89. The van der Waals surface area contributed by atoms with Crippen LogP contribution in [0.15, 0.2) is 82.4 Å². The van der Waals surface area contributed by atoms with Crippen molar-refractivity contribution in [3.63, 3.8) is 0 Å². The molecule has 4 aromatic rings. The summed E-state index contributed by atoms with van der Waals surface area (Å²) >= 11 is 0. The number of H-pyrrole nitrogens is 1. The molecule has 3 aromatic carbocycles. The van der Waals surface area contributed by atoms with Gasteiger partial charge in [0.05, 0.1) is 10.9 Å². The van der Waals surface area contributed by atoms with Gasteiger partial charge in [0.2, 0.25) is 5.91 Å². The quantitative estimate of drug-likeness (QED) is 0.454. The van der Waals surface area contributed by atoms with Crippen LogP contribution in [0.25, 0.3) is 10.9 Å². The van der Waals surface area contributed by atoms with E-state index < -0.39 is 23.7 Å². The van der Waals surface area contributed by atoms with Crippen molar-refractivity contribution in [2.75, 3.05) is 10.6 Å². The largest absolute Gasteiger partial charge is 0.329 e. The Hall–Kier alpha value is -4.46. The van der Waals surface area contributed by atoms with Crippen LogP contribution >= 0.6 is 0 Å². The summed E-state index contributed by atoms with van der Waals surface area (Å²) < 4.78 is 0.846. The summed E-state index contributed by atoms with van der Waals surface area (Å²) in [6.07, 6.45) is 0. The van der Waals surface area contributed by atoms with Crippen LogP contribution in [0.4, 0.5) is 11.4 Å². The smallest absolute Gasteiger partial charge is 0.324 e. The molecule has 0 unspecified atom stereocenters. The SMILES string of the molecule is Cc1c(NC(=O)Cn2c(=O)[nH]c3ccccc3c2=O)cccc1C(=O)Nc1ccccc1. The van der Waals surface area contributed by atoms with Crippen LogP contribution in [0.2, 0.25) is 0 Å². The average Bonchev–Trinajstić information content (AvgIpc) is 2.78. The molecule has 0 atom stereocenters. The molecular weight excluding hydrogens is 408 g/mol. The Balaban J connectivity index is 1.55. The van der Waals surface area contributed by atoms with Gasteiger partial charge in [-0.2, -0.15) is 0 Å². The van der Waals surface area contributed by atoms with Crippen LogP contribution in [0.5, 0.6) is 0 Å². The summed E-state index contributed by atoms with van der Waals surface area (Å²) in [6, 6.07) is 20.6. The molecule has 0 aliphatic carbocycles. The summed E-state index contributed by atoms with van der Waals surface area (Å²) in [7, 11) is 0. The highest BCUT2D eigenvalue weighted by molar-refractivity contribution is 6.06. The average molecular weight is 428 g/mol. The standard InChI is InChI=1S/C24H20N4O4/c1-15-17(22(30)25-16-8-3-2-4-9-16)11-7-13-19(15)26-21(29)14-28-23(31)18-10-5-6-12-20(18)27-24(28)32/h2-13H,14H2,1H3,(H,25,30)(H,26,29)(H,27,32). The van der Waals surface area contributed by atoms with Gasteiger partial charge in [0.15, 0.2) is 0 Å². The maximum Gasteiger partial charge on any atom is 0.329 e. The molecule has 0 fully saturated rings. The molecule has 8 nitrogen and oxygen atoms in total. The first-order valence-corrected chi connectivity index (χ1v) is 9.92. The second-order valence-electron chi connectivity index (χ2n) is 7.21. The van der Waals surface area contributed by atoms with E-state index in [2.05, 4.69) is 15.6 Å². The molecule has 0 aliphatic heterocycles. The Labute approximate surface area is 182 Å². The zero-order valence-electron chi connectivity index (χ0n) is 17.2. The van der Waals surface area contributed by atoms with Crippen LogP contribution in [0, 0.1) is 6.92 Å². The number of hydrogen-bond donors (Lipinski definition) is 3. The van der Waals surface area contributed by atoms with E-state index in [1.54, 1.807) is 61.5 Å². The van der Waals surface area contributed by atoms with Gasteiger partial charge < -0.3 is 15.6 Å². The van der Waals surface area contributed by atoms with E-state index in [-0.39, 0.29) is 5.91 Å². The van der Waals surface area contributed by atoms with Gasteiger partial charge in [-0.3, -0.25) is 19.0 Å². The zero-order chi connectivity index (χ0) is 22.7. The van der Waals surface area contributed by atoms with Crippen LogP contribution in [-0.4, -0.2) is 21.4 Å². The molecule has 4 rings (SSSR count). The lowest BCUT2D eigenvalue weighted by Crippen LogP contribution is -2.38. The molecule has 2 amide bonds. The van der Waals surface area contributed by atoms with Crippen LogP contribution in [-0.2, 0) is 11.3 Å². The van der Waals surface area contributed by atoms with Crippen LogP contribution in [0.3, 0.4) is 0 Å². The minimum Gasteiger partial charge on any atom is -0.324 e. The van der Waals surface area contributed by atoms with Gasteiger partial charge in [-0.1, -0.05) is 36.4 Å². The highest BCUT2D eigenvalue weighted by atomic mass is 16.2. The number of rotatable bonds is 5. The number of benzene rings is 3. The summed E-state index contributed by atoms with van der Waals surface area (Å²) in [6.45, 7) is 1.25. The molecule has 8 heteroatoms. The second kappa shape index (κ2) is 8.73. The third-order valence-electron chi connectivity index (χ3n) is 5.08. The number of carbonyl (C=O) groups is 2. The van der Waals surface area contributed by atoms with Gasteiger partial charge in [0.1, 0.15) is 6.54 Å². The molecule has 0 aliphatic rings. The Morgan fingerprint density at radius 1 is 0.875 bits per heavy atom.